The number of carbonyl (C=O) groups excluding carboxylic acids is 2. The zero-order valence-electron chi connectivity index (χ0n) is 15.8. The fourth-order valence-corrected chi connectivity index (χ4v) is 3.27. The van der Waals surface area contributed by atoms with Gasteiger partial charge in [-0.3, -0.25) is 19.5 Å². The lowest BCUT2D eigenvalue weighted by Crippen LogP contribution is -2.50. The summed E-state index contributed by atoms with van der Waals surface area (Å²) >= 11 is 6.23. The van der Waals surface area contributed by atoms with E-state index in [9.17, 15) is 14.7 Å². The second-order valence-electron chi connectivity index (χ2n) is 7.06. The maximum atomic E-state index is 13.3. The average Bonchev–Trinajstić information content (AvgIpc) is 2.77. The molecule has 1 atom stereocenters. The van der Waals surface area contributed by atoms with Crippen LogP contribution in [-0.2, 0) is 14.3 Å². The van der Waals surface area contributed by atoms with Gasteiger partial charge < -0.3 is 9.84 Å². The SMILES string of the molecule is COC(=O)CN1C(=O)[C@H](C(C)(C)O)N=C(c2ccccc2)c2cc(Cl)ccc21. The van der Waals surface area contributed by atoms with Crippen LogP contribution >= 0.6 is 11.6 Å². The van der Waals surface area contributed by atoms with Crippen LogP contribution in [0, 0.1) is 0 Å². The van der Waals surface area contributed by atoms with E-state index in [4.69, 9.17) is 16.3 Å². The number of halogens is 1. The first-order valence-electron chi connectivity index (χ1n) is 8.76. The van der Waals surface area contributed by atoms with E-state index in [0.29, 0.717) is 22.0 Å². The summed E-state index contributed by atoms with van der Waals surface area (Å²) in [5.74, 6) is -1.07. The smallest absolute Gasteiger partial charge is 0.325 e. The molecular weight excluding hydrogens is 380 g/mol. The van der Waals surface area contributed by atoms with Gasteiger partial charge in [0.05, 0.1) is 24.1 Å². The molecule has 1 amide bonds. The molecule has 1 aliphatic heterocycles. The van der Waals surface area contributed by atoms with Gasteiger partial charge in [-0.25, -0.2) is 0 Å². The van der Waals surface area contributed by atoms with Gasteiger partial charge in [-0.1, -0.05) is 41.9 Å². The molecule has 1 N–H and O–H groups in total. The molecule has 0 saturated carbocycles. The first-order valence-corrected chi connectivity index (χ1v) is 9.14. The van der Waals surface area contributed by atoms with E-state index in [2.05, 4.69) is 4.99 Å². The summed E-state index contributed by atoms with van der Waals surface area (Å²) < 4.78 is 4.75. The van der Waals surface area contributed by atoms with Crippen LogP contribution in [0.1, 0.15) is 25.0 Å². The van der Waals surface area contributed by atoms with Crippen molar-refractivity contribution in [3.8, 4) is 0 Å². The number of methoxy groups -OCH3 is 1. The van der Waals surface area contributed by atoms with Crippen molar-refractivity contribution in [1.82, 2.24) is 0 Å². The largest absolute Gasteiger partial charge is 0.468 e. The Morgan fingerprint density at radius 1 is 1.25 bits per heavy atom. The highest BCUT2D eigenvalue weighted by atomic mass is 35.5. The van der Waals surface area contributed by atoms with Gasteiger partial charge in [-0.15, -0.1) is 0 Å². The molecule has 1 aliphatic rings. The Bertz CT molecular complexity index is 935. The predicted octanol–water partition coefficient (Wildman–Crippen LogP) is 2.84. The van der Waals surface area contributed by atoms with Crippen LogP contribution in [0.5, 0.6) is 0 Å². The summed E-state index contributed by atoms with van der Waals surface area (Å²) in [7, 11) is 1.26. The Labute approximate surface area is 168 Å². The summed E-state index contributed by atoms with van der Waals surface area (Å²) in [6, 6.07) is 13.2. The Morgan fingerprint density at radius 3 is 2.54 bits per heavy atom. The van der Waals surface area contributed by atoms with Gasteiger partial charge in [0, 0.05) is 16.1 Å². The van der Waals surface area contributed by atoms with Crippen molar-refractivity contribution in [1.29, 1.82) is 0 Å². The molecule has 0 saturated heterocycles. The number of benzene rings is 2. The van der Waals surface area contributed by atoms with Crippen LogP contribution in [0.3, 0.4) is 0 Å². The van der Waals surface area contributed by atoms with E-state index in [1.807, 2.05) is 30.3 Å². The maximum Gasteiger partial charge on any atom is 0.325 e. The number of rotatable bonds is 4. The number of hydrogen-bond donors (Lipinski definition) is 1. The fourth-order valence-electron chi connectivity index (χ4n) is 3.10. The van der Waals surface area contributed by atoms with E-state index in [1.54, 1.807) is 18.2 Å². The number of nitrogens with zero attached hydrogens (tertiary/aromatic N) is 2. The quantitative estimate of drug-likeness (QED) is 0.800. The molecule has 0 aromatic heterocycles. The minimum atomic E-state index is -1.45. The molecule has 2 aromatic rings. The minimum absolute atomic E-state index is 0.297. The monoisotopic (exact) mass is 400 g/mol. The summed E-state index contributed by atoms with van der Waals surface area (Å²) in [6.07, 6.45) is 0. The van der Waals surface area contributed by atoms with Gasteiger partial charge in [0.25, 0.3) is 5.91 Å². The fraction of sp³-hybridized carbons (Fsp3) is 0.286. The number of aliphatic imine (C=N–C) groups is 1. The molecule has 0 aliphatic carbocycles. The second-order valence-corrected chi connectivity index (χ2v) is 7.50. The Morgan fingerprint density at radius 2 is 1.93 bits per heavy atom. The van der Waals surface area contributed by atoms with E-state index < -0.39 is 23.5 Å². The third-order valence-electron chi connectivity index (χ3n) is 4.49. The normalized spacial score (nSPS) is 16.9. The molecule has 0 unspecified atom stereocenters. The molecule has 7 heteroatoms. The van der Waals surface area contributed by atoms with Crippen LogP contribution in [-0.4, -0.2) is 48.0 Å². The predicted molar refractivity (Wildman–Crippen MR) is 108 cm³/mol. The average molecular weight is 401 g/mol. The molecule has 0 radical (unpaired) electrons. The highest BCUT2D eigenvalue weighted by Crippen LogP contribution is 2.33. The molecule has 0 bridgehead atoms. The molecule has 1 heterocycles. The summed E-state index contributed by atoms with van der Waals surface area (Å²) in [4.78, 5) is 31.2. The van der Waals surface area contributed by atoms with E-state index in [-0.39, 0.29) is 6.54 Å². The third kappa shape index (κ3) is 3.93. The molecular formula is C21H21ClN2O4. The number of fused-ring (bicyclic) bond motifs is 1. The van der Waals surface area contributed by atoms with Gasteiger partial charge in [-0.05, 0) is 32.0 Å². The summed E-state index contributed by atoms with van der Waals surface area (Å²) in [5, 5.41) is 11.1. The number of hydrogen-bond acceptors (Lipinski definition) is 5. The van der Waals surface area contributed by atoms with E-state index >= 15 is 0 Å². The van der Waals surface area contributed by atoms with Crippen molar-refractivity contribution >= 4 is 34.9 Å². The Balaban J connectivity index is 2.28. The summed E-state index contributed by atoms with van der Waals surface area (Å²) in [5.41, 5.74) is 0.924. The lowest BCUT2D eigenvalue weighted by atomic mass is 9.97. The molecule has 0 spiro atoms. The van der Waals surface area contributed by atoms with E-state index in [1.165, 1.54) is 25.9 Å². The molecule has 3 rings (SSSR count). The standard InChI is InChI=1S/C21H21ClN2O4/c1-21(2,27)19-20(26)24(12-17(25)28-3)16-10-9-14(22)11-15(16)18(23-19)13-7-5-4-6-8-13/h4-11,19,27H,12H2,1-3H3/t19-/m1/s1. The highest BCUT2D eigenvalue weighted by molar-refractivity contribution is 6.32. The lowest BCUT2D eigenvalue weighted by molar-refractivity contribution is -0.140. The number of amides is 1. The topological polar surface area (TPSA) is 79.2 Å². The lowest BCUT2D eigenvalue weighted by Gasteiger charge is -2.29. The van der Waals surface area contributed by atoms with Gasteiger partial charge in [-0.2, -0.15) is 0 Å². The van der Waals surface area contributed by atoms with Gasteiger partial charge in [0.1, 0.15) is 6.54 Å². The van der Waals surface area contributed by atoms with Gasteiger partial charge >= 0.3 is 5.97 Å². The van der Waals surface area contributed by atoms with Crippen LogP contribution in [0.4, 0.5) is 5.69 Å². The van der Waals surface area contributed by atoms with Crippen molar-refractivity contribution in [3.63, 3.8) is 0 Å². The number of benzodiazepines with no additional fused rings is 1. The van der Waals surface area contributed by atoms with Crippen molar-refractivity contribution < 1.29 is 19.4 Å². The Kier molecular flexibility index (Phi) is 5.54. The molecule has 0 fully saturated rings. The molecule has 28 heavy (non-hydrogen) atoms. The third-order valence-corrected chi connectivity index (χ3v) is 4.73. The van der Waals surface area contributed by atoms with Gasteiger partial charge in [0.15, 0.2) is 6.04 Å². The summed E-state index contributed by atoms with van der Waals surface area (Å²) in [6.45, 7) is 2.73. The first kappa shape index (κ1) is 20.0. The van der Waals surface area contributed by atoms with Crippen LogP contribution in [0.25, 0.3) is 0 Å². The van der Waals surface area contributed by atoms with E-state index in [0.717, 1.165) is 5.56 Å². The highest BCUT2D eigenvalue weighted by Gasteiger charge is 2.41. The van der Waals surface area contributed by atoms with Crippen LogP contribution in [0.15, 0.2) is 53.5 Å². The van der Waals surface area contributed by atoms with Gasteiger partial charge in [0.2, 0.25) is 0 Å². The minimum Gasteiger partial charge on any atom is -0.468 e. The number of ether oxygens (including phenoxy) is 1. The second kappa shape index (κ2) is 7.73. The maximum absolute atomic E-state index is 13.3. The first-order chi connectivity index (χ1) is 13.2. The van der Waals surface area contributed by atoms with Crippen LogP contribution < -0.4 is 4.90 Å². The number of aliphatic hydroxyl groups is 1. The van der Waals surface area contributed by atoms with Crippen molar-refractivity contribution in [3.05, 3.63) is 64.7 Å². The van der Waals surface area contributed by atoms with Crippen molar-refractivity contribution in [2.45, 2.75) is 25.5 Å². The van der Waals surface area contributed by atoms with Crippen LogP contribution in [0.2, 0.25) is 5.02 Å². The van der Waals surface area contributed by atoms with Crippen molar-refractivity contribution in [2.24, 2.45) is 4.99 Å². The zero-order chi connectivity index (χ0) is 20.5. The molecule has 6 nitrogen and oxygen atoms in total. The molecule has 2 aromatic carbocycles. The Hall–Kier alpha value is -2.70. The number of carbonyl (C=O) groups is 2. The van der Waals surface area contributed by atoms with Crippen molar-refractivity contribution in [2.75, 3.05) is 18.6 Å². The zero-order valence-corrected chi connectivity index (χ0v) is 16.6. The number of esters is 1. The number of anilines is 1. The molecule has 146 valence electrons.